The van der Waals surface area contributed by atoms with E-state index in [0.717, 1.165) is 16.9 Å². The molecule has 1 aromatic carbocycles. The summed E-state index contributed by atoms with van der Waals surface area (Å²) in [6.07, 6.45) is 0.560. The summed E-state index contributed by atoms with van der Waals surface area (Å²) in [6.45, 7) is 0.949. The number of anilines is 1. The molecular formula is C16H16N4O3. The number of carbonyl (C=O) groups excluding carboxylic acids is 2. The van der Waals surface area contributed by atoms with Crippen LogP contribution in [0.2, 0.25) is 0 Å². The van der Waals surface area contributed by atoms with Crippen LogP contribution in [0.5, 0.6) is 0 Å². The molecule has 0 fully saturated rings. The number of rotatable bonds is 2. The number of nitrogens with one attached hydrogen (secondary N) is 2. The summed E-state index contributed by atoms with van der Waals surface area (Å²) in [7, 11) is 0. The zero-order valence-electron chi connectivity index (χ0n) is 12.3. The topological polar surface area (TPSA) is 94.6 Å². The Hall–Kier alpha value is -2.93. The Balaban J connectivity index is 1.70. The van der Waals surface area contributed by atoms with Gasteiger partial charge in [0.2, 0.25) is 0 Å². The molecule has 0 saturated carbocycles. The molecule has 23 heavy (non-hydrogen) atoms. The molecule has 3 amide bonds. The number of urea groups is 1. The highest BCUT2D eigenvalue weighted by Crippen LogP contribution is 2.19. The molecule has 0 atom stereocenters. The first kappa shape index (κ1) is 15.0. The number of carbonyl (C=O) groups is 2. The minimum Gasteiger partial charge on any atom is -0.320 e. The van der Waals surface area contributed by atoms with E-state index in [4.69, 9.17) is 5.21 Å². The van der Waals surface area contributed by atoms with Crippen LogP contribution >= 0.6 is 0 Å². The lowest BCUT2D eigenvalue weighted by atomic mass is 10.1. The van der Waals surface area contributed by atoms with Crippen molar-refractivity contribution in [2.75, 3.05) is 11.9 Å². The highest BCUT2D eigenvalue weighted by atomic mass is 16.5. The molecule has 3 N–H and O–H groups in total. The van der Waals surface area contributed by atoms with Gasteiger partial charge in [-0.15, -0.1) is 0 Å². The average molecular weight is 312 g/mol. The van der Waals surface area contributed by atoms with E-state index in [9.17, 15) is 9.59 Å². The van der Waals surface area contributed by atoms with E-state index in [0.29, 0.717) is 19.5 Å². The van der Waals surface area contributed by atoms with E-state index in [-0.39, 0.29) is 11.7 Å². The fourth-order valence-corrected chi connectivity index (χ4v) is 2.50. The SMILES string of the molecule is O=C(NO)c1ccc2c(n1)CCN(C(=O)Nc1ccccc1)C2. The number of hydrogen-bond acceptors (Lipinski definition) is 4. The van der Waals surface area contributed by atoms with Gasteiger partial charge in [0.15, 0.2) is 0 Å². The molecule has 118 valence electrons. The van der Waals surface area contributed by atoms with Gasteiger partial charge in [-0.05, 0) is 23.8 Å². The molecule has 1 aliphatic rings. The van der Waals surface area contributed by atoms with E-state index >= 15 is 0 Å². The lowest BCUT2D eigenvalue weighted by Crippen LogP contribution is -2.39. The molecule has 1 aromatic heterocycles. The van der Waals surface area contributed by atoms with E-state index in [1.165, 1.54) is 6.07 Å². The van der Waals surface area contributed by atoms with Crippen molar-refractivity contribution < 1.29 is 14.8 Å². The van der Waals surface area contributed by atoms with E-state index in [1.54, 1.807) is 16.4 Å². The second kappa shape index (κ2) is 6.45. The number of fused-ring (bicyclic) bond motifs is 1. The van der Waals surface area contributed by atoms with E-state index in [2.05, 4.69) is 10.3 Å². The third-order valence-electron chi connectivity index (χ3n) is 3.69. The van der Waals surface area contributed by atoms with Crippen molar-refractivity contribution in [3.63, 3.8) is 0 Å². The second-order valence-corrected chi connectivity index (χ2v) is 5.21. The van der Waals surface area contributed by atoms with Gasteiger partial charge in [-0.3, -0.25) is 10.0 Å². The van der Waals surface area contributed by atoms with Crippen molar-refractivity contribution in [3.05, 3.63) is 59.4 Å². The van der Waals surface area contributed by atoms with Gasteiger partial charge in [-0.1, -0.05) is 24.3 Å². The summed E-state index contributed by atoms with van der Waals surface area (Å²) in [5, 5.41) is 11.5. The lowest BCUT2D eigenvalue weighted by Gasteiger charge is -2.28. The molecule has 7 heteroatoms. The van der Waals surface area contributed by atoms with Gasteiger partial charge in [0.25, 0.3) is 5.91 Å². The fraction of sp³-hybridized carbons (Fsp3) is 0.188. The zero-order valence-corrected chi connectivity index (χ0v) is 12.3. The second-order valence-electron chi connectivity index (χ2n) is 5.21. The maximum atomic E-state index is 12.3. The maximum absolute atomic E-state index is 12.3. The molecule has 0 radical (unpaired) electrons. The van der Waals surface area contributed by atoms with Crippen LogP contribution in [0.4, 0.5) is 10.5 Å². The molecule has 1 aliphatic heterocycles. The lowest BCUT2D eigenvalue weighted by molar-refractivity contribution is 0.0700. The van der Waals surface area contributed by atoms with Gasteiger partial charge in [0.05, 0.1) is 0 Å². The number of para-hydroxylation sites is 1. The highest BCUT2D eigenvalue weighted by molar-refractivity contribution is 5.91. The standard InChI is InChI=1S/C16H16N4O3/c21-15(19-23)14-7-6-11-10-20(9-8-13(11)18-14)16(22)17-12-4-2-1-3-5-12/h1-7,23H,8-10H2,(H,17,22)(H,19,21). The number of hydrogen-bond donors (Lipinski definition) is 3. The Bertz CT molecular complexity index is 733. The van der Waals surface area contributed by atoms with Crippen molar-refractivity contribution in [2.24, 2.45) is 0 Å². The molecule has 0 unspecified atom stereocenters. The molecule has 3 rings (SSSR count). The number of nitrogens with zero attached hydrogens (tertiary/aromatic N) is 2. The van der Waals surface area contributed by atoms with E-state index in [1.807, 2.05) is 30.3 Å². The summed E-state index contributed by atoms with van der Waals surface area (Å²) in [5.74, 6) is -0.642. The predicted molar refractivity (Wildman–Crippen MR) is 83.1 cm³/mol. The van der Waals surface area contributed by atoms with Crippen LogP contribution in [0, 0.1) is 0 Å². The van der Waals surface area contributed by atoms with Crippen molar-refractivity contribution in [3.8, 4) is 0 Å². The first-order chi connectivity index (χ1) is 11.2. The third kappa shape index (κ3) is 3.29. The Kier molecular flexibility index (Phi) is 4.20. The van der Waals surface area contributed by atoms with Crippen molar-refractivity contribution in [1.82, 2.24) is 15.4 Å². The van der Waals surface area contributed by atoms with E-state index < -0.39 is 5.91 Å². The van der Waals surface area contributed by atoms with Crippen LogP contribution in [-0.4, -0.2) is 33.6 Å². The van der Waals surface area contributed by atoms with Crippen molar-refractivity contribution >= 4 is 17.6 Å². The average Bonchev–Trinajstić information content (AvgIpc) is 2.61. The highest BCUT2D eigenvalue weighted by Gasteiger charge is 2.22. The van der Waals surface area contributed by atoms with Gasteiger partial charge in [-0.2, -0.15) is 0 Å². The molecule has 7 nitrogen and oxygen atoms in total. The minimum absolute atomic E-state index is 0.161. The van der Waals surface area contributed by atoms with Crippen LogP contribution in [0.1, 0.15) is 21.7 Å². The van der Waals surface area contributed by atoms with Crippen LogP contribution in [0.25, 0.3) is 0 Å². The number of amides is 3. The predicted octanol–water partition coefficient (Wildman–Crippen LogP) is 1.79. The fourth-order valence-electron chi connectivity index (χ4n) is 2.50. The van der Waals surface area contributed by atoms with Gasteiger partial charge in [-0.25, -0.2) is 15.3 Å². The summed E-state index contributed by atoms with van der Waals surface area (Å²) in [4.78, 5) is 29.6. The summed E-state index contributed by atoms with van der Waals surface area (Å²) >= 11 is 0. The molecular weight excluding hydrogens is 296 g/mol. The normalized spacial score (nSPS) is 13.2. The molecule has 0 aliphatic carbocycles. The summed E-state index contributed by atoms with van der Waals surface area (Å²) < 4.78 is 0. The monoisotopic (exact) mass is 312 g/mol. The molecule has 2 aromatic rings. The number of pyridine rings is 1. The van der Waals surface area contributed by atoms with Crippen molar-refractivity contribution in [1.29, 1.82) is 0 Å². The first-order valence-corrected chi connectivity index (χ1v) is 7.21. The Labute approximate surface area is 132 Å². The van der Waals surface area contributed by atoms with Gasteiger partial charge < -0.3 is 10.2 Å². The van der Waals surface area contributed by atoms with Crippen LogP contribution in [0.3, 0.4) is 0 Å². The first-order valence-electron chi connectivity index (χ1n) is 7.21. The van der Waals surface area contributed by atoms with Gasteiger partial charge in [0.1, 0.15) is 5.69 Å². The van der Waals surface area contributed by atoms with Gasteiger partial charge in [0, 0.05) is 30.9 Å². The number of aromatic nitrogens is 1. The van der Waals surface area contributed by atoms with Crippen LogP contribution < -0.4 is 10.8 Å². The summed E-state index contributed by atoms with van der Waals surface area (Å²) in [5.41, 5.74) is 4.14. The minimum atomic E-state index is -0.642. The largest absolute Gasteiger partial charge is 0.322 e. The quantitative estimate of drug-likeness (QED) is 0.582. The van der Waals surface area contributed by atoms with Gasteiger partial charge >= 0.3 is 6.03 Å². The number of benzene rings is 1. The molecule has 0 bridgehead atoms. The van der Waals surface area contributed by atoms with Crippen molar-refractivity contribution in [2.45, 2.75) is 13.0 Å². The molecule has 2 heterocycles. The Morgan fingerprint density at radius 2 is 1.91 bits per heavy atom. The van der Waals surface area contributed by atoms with Crippen LogP contribution in [0.15, 0.2) is 42.5 Å². The Morgan fingerprint density at radius 3 is 2.65 bits per heavy atom. The molecule has 0 spiro atoms. The third-order valence-corrected chi connectivity index (χ3v) is 3.69. The number of hydroxylamine groups is 1. The maximum Gasteiger partial charge on any atom is 0.322 e. The Morgan fingerprint density at radius 1 is 1.13 bits per heavy atom. The smallest absolute Gasteiger partial charge is 0.320 e. The zero-order chi connectivity index (χ0) is 16.2. The summed E-state index contributed by atoms with van der Waals surface area (Å²) in [6, 6.07) is 12.4. The van der Waals surface area contributed by atoms with Crippen LogP contribution in [-0.2, 0) is 13.0 Å². The molecule has 0 saturated heterocycles.